The predicted octanol–water partition coefficient (Wildman–Crippen LogP) is 1.86. The van der Waals surface area contributed by atoms with E-state index in [1.165, 1.54) is 0 Å². The lowest BCUT2D eigenvalue weighted by Gasteiger charge is -2.15. The van der Waals surface area contributed by atoms with Gasteiger partial charge in [0.15, 0.2) is 0 Å². The zero-order chi connectivity index (χ0) is 13.0. The smallest absolute Gasteiger partial charge is 0.237 e. The van der Waals surface area contributed by atoms with Crippen molar-refractivity contribution >= 4 is 11.3 Å². The molecule has 96 valence electrons. The monoisotopic (exact) mass is 265 g/mol. The van der Waals surface area contributed by atoms with Crippen LogP contribution in [-0.2, 0) is 0 Å². The summed E-state index contributed by atoms with van der Waals surface area (Å²) in [5.41, 5.74) is 0.770. The number of nitrogens with one attached hydrogen (secondary N) is 1. The van der Waals surface area contributed by atoms with Gasteiger partial charge in [-0.1, -0.05) is 0 Å². The van der Waals surface area contributed by atoms with Gasteiger partial charge in [-0.3, -0.25) is 4.98 Å². The Labute approximate surface area is 110 Å². The molecule has 0 aliphatic rings. The largest absolute Gasteiger partial charge is 0.496 e. The van der Waals surface area contributed by atoms with Gasteiger partial charge in [0.05, 0.1) is 20.3 Å². The summed E-state index contributed by atoms with van der Waals surface area (Å²) >= 11 is 1.61. The fraction of sp³-hybridized carbons (Fsp3) is 0.333. The van der Waals surface area contributed by atoms with Crippen molar-refractivity contribution in [1.29, 1.82) is 0 Å². The number of aromatic nitrogens is 2. The Hall–Kier alpha value is -1.66. The molecular weight excluding hydrogens is 250 g/mol. The van der Waals surface area contributed by atoms with Gasteiger partial charge in [-0.05, 0) is 13.1 Å². The molecule has 0 aliphatic heterocycles. The molecule has 0 fully saturated rings. The minimum absolute atomic E-state index is 0.0532. The van der Waals surface area contributed by atoms with E-state index in [9.17, 15) is 0 Å². The Morgan fingerprint density at radius 2 is 2.00 bits per heavy atom. The molecule has 2 aromatic heterocycles. The molecule has 18 heavy (non-hydrogen) atoms. The second-order valence-corrected chi connectivity index (χ2v) is 4.50. The van der Waals surface area contributed by atoms with Crippen molar-refractivity contribution in [2.75, 3.05) is 21.3 Å². The summed E-state index contributed by atoms with van der Waals surface area (Å²) in [5.74, 6) is 1.38. The van der Waals surface area contributed by atoms with Crippen LogP contribution >= 0.6 is 11.3 Å². The van der Waals surface area contributed by atoms with Gasteiger partial charge in [-0.15, -0.1) is 11.3 Å². The number of ether oxygens (including phenoxy) is 2. The molecule has 0 saturated carbocycles. The van der Waals surface area contributed by atoms with Crippen LogP contribution in [0, 0.1) is 0 Å². The molecule has 2 aromatic rings. The van der Waals surface area contributed by atoms with Crippen molar-refractivity contribution in [3.05, 3.63) is 34.4 Å². The fourth-order valence-corrected chi connectivity index (χ4v) is 2.66. The maximum absolute atomic E-state index is 5.24. The van der Waals surface area contributed by atoms with Crippen LogP contribution in [0.2, 0.25) is 0 Å². The van der Waals surface area contributed by atoms with Crippen molar-refractivity contribution < 1.29 is 9.47 Å². The quantitative estimate of drug-likeness (QED) is 0.894. The van der Waals surface area contributed by atoms with E-state index >= 15 is 0 Å². The lowest BCUT2D eigenvalue weighted by atomic mass is 10.1. The van der Waals surface area contributed by atoms with Crippen LogP contribution in [0.25, 0.3) is 0 Å². The number of rotatable bonds is 5. The first kappa shape index (κ1) is 12.8. The van der Waals surface area contributed by atoms with Crippen LogP contribution in [0.4, 0.5) is 0 Å². The van der Waals surface area contributed by atoms with Crippen LogP contribution in [0.3, 0.4) is 0 Å². The van der Waals surface area contributed by atoms with Crippen LogP contribution in [-0.4, -0.2) is 31.2 Å². The van der Waals surface area contributed by atoms with E-state index in [-0.39, 0.29) is 6.04 Å². The highest BCUT2D eigenvalue weighted by Crippen LogP contribution is 2.32. The van der Waals surface area contributed by atoms with Crippen LogP contribution < -0.4 is 14.8 Å². The molecule has 2 heterocycles. The Kier molecular flexibility index (Phi) is 4.11. The second kappa shape index (κ2) is 5.79. The van der Waals surface area contributed by atoms with Crippen LogP contribution in [0.15, 0.2) is 23.8 Å². The summed E-state index contributed by atoms with van der Waals surface area (Å²) < 4.78 is 10.4. The molecule has 5 nitrogen and oxygen atoms in total. The minimum atomic E-state index is -0.0532. The average molecular weight is 265 g/mol. The second-order valence-electron chi connectivity index (χ2n) is 3.56. The predicted molar refractivity (Wildman–Crippen MR) is 70.4 cm³/mol. The molecule has 0 spiro atoms. The molecule has 1 unspecified atom stereocenters. The van der Waals surface area contributed by atoms with Gasteiger partial charge in [0.25, 0.3) is 0 Å². The lowest BCUT2D eigenvalue weighted by Crippen LogP contribution is -2.19. The molecule has 0 aromatic carbocycles. The molecule has 0 bridgehead atoms. The average Bonchev–Trinajstić information content (AvgIpc) is 2.89. The Bertz CT molecular complexity index is 516. The van der Waals surface area contributed by atoms with Gasteiger partial charge < -0.3 is 14.8 Å². The standard InChI is InChI=1S/C12H15N3O2S/c1-13-10(9-6-8(16-2)7-18-9)11-12(17-3)15-5-4-14-11/h4-7,10,13H,1-3H3. The van der Waals surface area contributed by atoms with Gasteiger partial charge >= 0.3 is 0 Å². The van der Waals surface area contributed by atoms with Gasteiger partial charge in [0.2, 0.25) is 5.88 Å². The molecule has 0 saturated heterocycles. The number of hydrogen-bond donors (Lipinski definition) is 1. The zero-order valence-corrected chi connectivity index (χ0v) is 11.3. The van der Waals surface area contributed by atoms with Crippen molar-refractivity contribution in [1.82, 2.24) is 15.3 Å². The van der Waals surface area contributed by atoms with E-state index in [1.807, 2.05) is 18.5 Å². The third kappa shape index (κ3) is 2.44. The van der Waals surface area contributed by atoms with E-state index in [0.717, 1.165) is 16.3 Å². The van der Waals surface area contributed by atoms with Crippen molar-refractivity contribution in [3.63, 3.8) is 0 Å². The Balaban J connectivity index is 2.38. The topological polar surface area (TPSA) is 56.3 Å². The maximum atomic E-state index is 5.24. The summed E-state index contributed by atoms with van der Waals surface area (Å²) in [7, 11) is 5.13. The summed E-state index contributed by atoms with van der Waals surface area (Å²) in [6.07, 6.45) is 3.27. The number of thiophene rings is 1. The summed E-state index contributed by atoms with van der Waals surface area (Å²) in [6.45, 7) is 0. The SMILES string of the molecule is CNC(c1cc(OC)cs1)c1nccnc1OC. The van der Waals surface area contributed by atoms with E-state index in [0.29, 0.717) is 5.88 Å². The molecule has 6 heteroatoms. The van der Waals surface area contributed by atoms with Crippen LogP contribution in [0.1, 0.15) is 16.6 Å². The third-order valence-electron chi connectivity index (χ3n) is 2.56. The highest BCUT2D eigenvalue weighted by atomic mass is 32.1. The minimum Gasteiger partial charge on any atom is -0.496 e. The number of hydrogen-bond acceptors (Lipinski definition) is 6. The number of nitrogens with zero attached hydrogens (tertiary/aromatic N) is 2. The van der Waals surface area contributed by atoms with Crippen molar-refractivity contribution in [2.24, 2.45) is 0 Å². The molecule has 0 aliphatic carbocycles. The molecule has 2 rings (SSSR count). The molecule has 1 atom stereocenters. The maximum Gasteiger partial charge on any atom is 0.237 e. The van der Waals surface area contributed by atoms with Gasteiger partial charge in [-0.2, -0.15) is 0 Å². The first-order chi connectivity index (χ1) is 8.80. The first-order valence-corrected chi connectivity index (χ1v) is 6.32. The van der Waals surface area contributed by atoms with Crippen LogP contribution in [0.5, 0.6) is 11.6 Å². The summed E-state index contributed by atoms with van der Waals surface area (Å²) in [5, 5.41) is 5.18. The van der Waals surface area contributed by atoms with Gasteiger partial charge in [-0.25, -0.2) is 4.98 Å². The van der Waals surface area contributed by atoms with Gasteiger partial charge in [0, 0.05) is 22.7 Å². The zero-order valence-electron chi connectivity index (χ0n) is 10.5. The van der Waals surface area contributed by atoms with E-state index in [2.05, 4.69) is 15.3 Å². The Morgan fingerprint density at radius 3 is 2.61 bits per heavy atom. The lowest BCUT2D eigenvalue weighted by molar-refractivity contribution is 0.384. The molecule has 1 N–H and O–H groups in total. The molecule has 0 radical (unpaired) electrons. The normalized spacial score (nSPS) is 12.2. The first-order valence-electron chi connectivity index (χ1n) is 5.44. The van der Waals surface area contributed by atoms with Gasteiger partial charge in [0.1, 0.15) is 11.4 Å². The highest BCUT2D eigenvalue weighted by Gasteiger charge is 2.20. The number of methoxy groups -OCH3 is 2. The van der Waals surface area contributed by atoms with Crippen molar-refractivity contribution in [2.45, 2.75) is 6.04 Å². The third-order valence-corrected chi connectivity index (χ3v) is 3.54. The van der Waals surface area contributed by atoms with Crippen molar-refractivity contribution in [3.8, 4) is 11.6 Å². The van der Waals surface area contributed by atoms with E-state index in [1.54, 1.807) is 38.0 Å². The summed E-state index contributed by atoms with van der Waals surface area (Å²) in [6, 6.07) is 1.93. The van der Waals surface area contributed by atoms with E-state index in [4.69, 9.17) is 9.47 Å². The Morgan fingerprint density at radius 1 is 1.22 bits per heavy atom. The molecule has 0 amide bonds. The highest BCUT2D eigenvalue weighted by molar-refractivity contribution is 7.10. The molecular formula is C12H15N3O2S. The summed E-state index contributed by atoms with van der Waals surface area (Å²) in [4.78, 5) is 9.62. The van der Waals surface area contributed by atoms with E-state index < -0.39 is 0 Å². The fourth-order valence-electron chi connectivity index (χ4n) is 1.70.